The molecule has 0 aliphatic rings. The number of hydrogen-bond acceptors (Lipinski definition) is 4. The Morgan fingerprint density at radius 3 is 2.59 bits per heavy atom. The SMILES string of the molecule is CCC(C(=O)N(C)C(C)CCSC)C(N)=NO. The van der Waals surface area contributed by atoms with Gasteiger partial charge in [-0.15, -0.1) is 0 Å². The third-order valence-corrected chi connectivity index (χ3v) is 3.57. The van der Waals surface area contributed by atoms with Crippen molar-refractivity contribution in [1.82, 2.24) is 4.90 Å². The molecule has 0 radical (unpaired) electrons. The Bertz CT molecular complexity index is 271. The number of amides is 1. The van der Waals surface area contributed by atoms with Crippen LogP contribution in [0.15, 0.2) is 5.16 Å². The summed E-state index contributed by atoms with van der Waals surface area (Å²) in [4.78, 5) is 13.8. The van der Waals surface area contributed by atoms with Gasteiger partial charge in [0, 0.05) is 13.1 Å². The van der Waals surface area contributed by atoms with Crippen LogP contribution >= 0.6 is 11.8 Å². The molecule has 0 rings (SSSR count). The van der Waals surface area contributed by atoms with Gasteiger partial charge in [-0.05, 0) is 31.8 Å². The molecule has 0 heterocycles. The minimum absolute atomic E-state index is 0.0126. The van der Waals surface area contributed by atoms with E-state index >= 15 is 0 Å². The fraction of sp³-hybridized carbons (Fsp3) is 0.818. The fourth-order valence-electron chi connectivity index (χ4n) is 1.53. The molecule has 0 saturated carbocycles. The monoisotopic (exact) mass is 261 g/mol. The molecule has 0 aliphatic heterocycles. The number of carbonyl (C=O) groups is 1. The van der Waals surface area contributed by atoms with Gasteiger partial charge < -0.3 is 15.8 Å². The third-order valence-electron chi connectivity index (χ3n) is 2.93. The summed E-state index contributed by atoms with van der Waals surface area (Å²) in [5.41, 5.74) is 5.52. The first kappa shape index (κ1) is 16.1. The summed E-state index contributed by atoms with van der Waals surface area (Å²) in [6, 6.07) is 0.162. The normalized spacial score (nSPS) is 15.4. The zero-order valence-corrected chi connectivity index (χ0v) is 11.8. The van der Waals surface area contributed by atoms with E-state index in [0.29, 0.717) is 6.42 Å². The largest absolute Gasteiger partial charge is 0.409 e. The first-order valence-corrected chi connectivity index (χ1v) is 7.11. The van der Waals surface area contributed by atoms with Crippen LogP contribution in [0, 0.1) is 5.92 Å². The minimum Gasteiger partial charge on any atom is -0.409 e. The average Bonchev–Trinajstić information content (AvgIpc) is 2.35. The zero-order valence-electron chi connectivity index (χ0n) is 11.0. The second kappa shape index (κ2) is 8.22. The molecule has 0 aliphatic carbocycles. The third kappa shape index (κ3) is 4.85. The van der Waals surface area contributed by atoms with Gasteiger partial charge in [0.2, 0.25) is 5.91 Å². The van der Waals surface area contributed by atoms with Crippen molar-refractivity contribution in [1.29, 1.82) is 0 Å². The van der Waals surface area contributed by atoms with Crippen LogP contribution in [0.2, 0.25) is 0 Å². The number of carbonyl (C=O) groups excluding carboxylic acids is 1. The van der Waals surface area contributed by atoms with Crippen molar-refractivity contribution in [3.63, 3.8) is 0 Å². The predicted octanol–water partition coefficient (Wildman–Crippen LogP) is 1.36. The van der Waals surface area contributed by atoms with Crippen LogP contribution in [-0.4, -0.2) is 46.9 Å². The molecule has 0 aromatic heterocycles. The summed E-state index contributed by atoms with van der Waals surface area (Å²) >= 11 is 1.76. The van der Waals surface area contributed by atoms with E-state index in [2.05, 4.69) is 5.16 Å². The predicted molar refractivity (Wildman–Crippen MR) is 72.4 cm³/mol. The fourth-order valence-corrected chi connectivity index (χ4v) is 2.10. The summed E-state index contributed by atoms with van der Waals surface area (Å²) in [6.07, 6.45) is 3.52. The Morgan fingerprint density at radius 1 is 1.59 bits per heavy atom. The van der Waals surface area contributed by atoms with Crippen LogP contribution in [-0.2, 0) is 4.79 Å². The van der Waals surface area contributed by atoms with E-state index in [9.17, 15) is 4.79 Å². The Hall–Kier alpha value is -0.910. The van der Waals surface area contributed by atoms with Crippen molar-refractivity contribution in [2.75, 3.05) is 19.1 Å². The highest BCUT2D eigenvalue weighted by Crippen LogP contribution is 2.12. The summed E-state index contributed by atoms with van der Waals surface area (Å²) < 4.78 is 0. The van der Waals surface area contributed by atoms with Crippen molar-refractivity contribution >= 4 is 23.5 Å². The van der Waals surface area contributed by atoms with Gasteiger partial charge in [-0.2, -0.15) is 11.8 Å². The van der Waals surface area contributed by atoms with E-state index in [1.165, 1.54) is 0 Å². The molecule has 0 aromatic carbocycles. The molecule has 6 heteroatoms. The lowest BCUT2D eigenvalue weighted by molar-refractivity contribution is -0.134. The van der Waals surface area contributed by atoms with Gasteiger partial charge in [-0.3, -0.25) is 4.79 Å². The molecule has 0 saturated heterocycles. The Labute approximate surface area is 107 Å². The van der Waals surface area contributed by atoms with Crippen LogP contribution in [0.5, 0.6) is 0 Å². The van der Waals surface area contributed by atoms with Crippen molar-refractivity contribution in [2.24, 2.45) is 16.8 Å². The molecule has 1 amide bonds. The van der Waals surface area contributed by atoms with E-state index in [4.69, 9.17) is 10.9 Å². The summed E-state index contributed by atoms with van der Waals surface area (Å²) in [6.45, 7) is 3.86. The molecule has 5 nitrogen and oxygen atoms in total. The second-order valence-electron chi connectivity index (χ2n) is 4.07. The number of nitrogens with zero attached hydrogens (tertiary/aromatic N) is 2. The lowest BCUT2D eigenvalue weighted by Crippen LogP contribution is -2.43. The maximum absolute atomic E-state index is 12.1. The lowest BCUT2D eigenvalue weighted by atomic mass is 10.0. The van der Waals surface area contributed by atoms with Gasteiger partial charge in [0.05, 0.1) is 5.92 Å². The summed E-state index contributed by atoms with van der Waals surface area (Å²) in [5.74, 6) is 0.388. The van der Waals surface area contributed by atoms with Crippen molar-refractivity contribution in [3.05, 3.63) is 0 Å². The molecule has 2 unspecified atom stereocenters. The molecule has 0 aromatic rings. The molecular weight excluding hydrogens is 238 g/mol. The zero-order chi connectivity index (χ0) is 13.4. The molecular formula is C11H23N3O2S. The van der Waals surface area contributed by atoms with Crippen molar-refractivity contribution in [3.8, 4) is 0 Å². The number of thioether (sulfide) groups is 1. The van der Waals surface area contributed by atoms with Gasteiger partial charge in [-0.1, -0.05) is 12.1 Å². The second-order valence-corrected chi connectivity index (χ2v) is 5.05. The van der Waals surface area contributed by atoms with Crippen LogP contribution in [0.4, 0.5) is 0 Å². The van der Waals surface area contributed by atoms with Crippen LogP contribution in [0.3, 0.4) is 0 Å². The smallest absolute Gasteiger partial charge is 0.233 e. The van der Waals surface area contributed by atoms with Crippen LogP contribution < -0.4 is 5.73 Å². The van der Waals surface area contributed by atoms with Crippen molar-refractivity contribution in [2.45, 2.75) is 32.7 Å². The molecule has 3 N–H and O–H groups in total. The standard InChI is InChI=1S/C11H23N3O2S/c1-5-9(10(12)13-16)11(15)14(3)8(2)6-7-17-4/h8-9,16H,5-7H2,1-4H3,(H2,12,13). The molecule has 100 valence electrons. The Kier molecular flexibility index (Phi) is 7.78. The van der Waals surface area contributed by atoms with E-state index in [1.54, 1.807) is 23.7 Å². The highest BCUT2D eigenvalue weighted by Gasteiger charge is 2.26. The quantitative estimate of drug-likeness (QED) is 0.314. The lowest BCUT2D eigenvalue weighted by Gasteiger charge is -2.28. The molecule has 2 atom stereocenters. The minimum atomic E-state index is -0.526. The summed E-state index contributed by atoms with van der Waals surface area (Å²) in [7, 11) is 1.76. The molecule has 0 fully saturated rings. The van der Waals surface area contributed by atoms with Crippen molar-refractivity contribution < 1.29 is 10.0 Å². The topological polar surface area (TPSA) is 78.9 Å². The average molecular weight is 261 g/mol. The number of hydrogen-bond donors (Lipinski definition) is 2. The number of nitrogens with two attached hydrogens (primary N) is 1. The van der Waals surface area contributed by atoms with Crippen LogP contribution in [0.25, 0.3) is 0 Å². The summed E-state index contributed by atoms with van der Waals surface area (Å²) in [5, 5.41) is 11.6. The van der Waals surface area contributed by atoms with E-state index in [1.807, 2.05) is 20.1 Å². The Morgan fingerprint density at radius 2 is 2.18 bits per heavy atom. The molecule has 0 spiro atoms. The number of oxime groups is 1. The Balaban J connectivity index is 4.55. The maximum Gasteiger partial charge on any atom is 0.233 e. The van der Waals surface area contributed by atoms with E-state index in [0.717, 1.165) is 12.2 Å². The molecule has 0 bridgehead atoms. The van der Waals surface area contributed by atoms with Gasteiger partial charge in [0.25, 0.3) is 0 Å². The van der Waals surface area contributed by atoms with Gasteiger partial charge in [0.1, 0.15) is 0 Å². The maximum atomic E-state index is 12.1. The van der Waals surface area contributed by atoms with Gasteiger partial charge >= 0.3 is 0 Å². The van der Waals surface area contributed by atoms with Gasteiger partial charge in [-0.25, -0.2) is 0 Å². The number of amidine groups is 1. The van der Waals surface area contributed by atoms with Gasteiger partial charge in [0.15, 0.2) is 5.84 Å². The van der Waals surface area contributed by atoms with E-state index < -0.39 is 5.92 Å². The van der Waals surface area contributed by atoms with Crippen LogP contribution in [0.1, 0.15) is 26.7 Å². The molecule has 17 heavy (non-hydrogen) atoms. The first-order valence-electron chi connectivity index (χ1n) is 5.72. The highest BCUT2D eigenvalue weighted by atomic mass is 32.2. The van der Waals surface area contributed by atoms with E-state index in [-0.39, 0.29) is 17.8 Å². The first-order chi connectivity index (χ1) is 7.99. The number of rotatable bonds is 7. The highest BCUT2D eigenvalue weighted by molar-refractivity contribution is 7.98.